The average Bonchev–Trinajstić information content (AvgIpc) is 2.49. The van der Waals surface area contributed by atoms with E-state index in [9.17, 15) is 4.79 Å². The maximum absolute atomic E-state index is 12.1. The third kappa shape index (κ3) is 5.45. The summed E-state index contributed by atoms with van der Waals surface area (Å²) >= 11 is 12.0. The average molecular weight is 373 g/mol. The monoisotopic (exact) mass is 372 g/mol. The van der Waals surface area contributed by atoms with E-state index in [1.54, 1.807) is 11.0 Å². The van der Waals surface area contributed by atoms with Crippen LogP contribution in [0.5, 0.6) is 0 Å². The number of carbonyl (C=O) groups is 1. The van der Waals surface area contributed by atoms with Gasteiger partial charge in [-0.05, 0) is 64.7 Å². The lowest BCUT2D eigenvalue weighted by molar-refractivity contribution is 0.0179. The van der Waals surface area contributed by atoms with E-state index in [-0.39, 0.29) is 6.09 Å². The molecule has 1 aliphatic heterocycles. The van der Waals surface area contributed by atoms with Crippen LogP contribution in [0.2, 0.25) is 10.0 Å². The summed E-state index contributed by atoms with van der Waals surface area (Å²) in [4.78, 5) is 13.9. The Morgan fingerprint density at radius 3 is 2.42 bits per heavy atom. The molecule has 0 aliphatic carbocycles. The number of piperidine rings is 1. The fourth-order valence-corrected chi connectivity index (χ4v) is 3.17. The highest BCUT2D eigenvalue weighted by Gasteiger charge is 2.29. The number of anilines is 1. The van der Waals surface area contributed by atoms with Gasteiger partial charge in [0.05, 0.1) is 10.0 Å². The van der Waals surface area contributed by atoms with Crippen LogP contribution in [-0.2, 0) is 4.74 Å². The van der Waals surface area contributed by atoms with Crippen molar-refractivity contribution < 1.29 is 9.53 Å². The maximum atomic E-state index is 12.1. The number of nitrogens with zero attached hydrogens (tertiary/aromatic N) is 1. The van der Waals surface area contributed by atoms with Gasteiger partial charge in [0.2, 0.25) is 0 Å². The van der Waals surface area contributed by atoms with Crippen LogP contribution < -0.4 is 5.32 Å². The minimum atomic E-state index is -0.448. The van der Waals surface area contributed by atoms with Crippen molar-refractivity contribution in [3.8, 4) is 0 Å². The lowest BCUT2D eigenvalue weighted by atomic mass is 9.90. The third-order valence-corrected chi connectivity index (χ3v) is 4.95. The minimum Gasteiger partial charge on any atom is -0.444 e. The molecule has 0 aromatic heterocycles. The van der Waals surface area contributed by atoms with Crippen molar-refractivity contribution in [1.82, 2.24) is 4.90 Å². The number of ether oxygens (including phenoxy) is 1. The van der Waals surface area contributed by atoms with Crippen LogP contribution in [0.3, 0.4) is 0 Å². The molecule has 0 saturated carbocycles. The molecule has 0 spiro atoms. The number of halogens is 2. The fraction of sp³-hybridized carbons (Fsp3) is 0.611. The third-order valence-electron chi connectivity index (χ3n) is 4.21. The predicted octanol–water partition coefficient (Wildman–Crippen LogP) is 5.44. The standard InChI is InChI=1S/C18H26Cl2N2O2/c1-12(21-14-5-6-15(19)16(20)11-14)13-7-9-22(10-8-13)17(23)24-18(2,3)4/h5-6,11-13,21H,7-10H2,1-4H3. The molecule has 1 saturated heterocycles. The number of hydrogen-bond donors (Lipinski definition) is 1. The molecule has 1 aliphatic rings. The Morgan fingerprint density at radius 2 is 1.88 bits per heavy atom. The van der Waals surface area contributed by atoms with Crippen LogP contribution in [0, 0.1) is 5.92 Å². The van der Waals surface area contributed by atoms with E-state index in [0.717, 1.165) is 31.6 Å². The number of carbonyl (C=O) groups excluding carboxylic acids is 1. The van der Waals surface area contributed by atoms with E-state index in [2.05, 4.69) is 12.2 Å². The molecular formula is C18H26Cl2N2O2. The summed E-state index contributed by atoms with van der Waals surface area (Å²) in [5.41, 5.74) is 0.517. The van der Waals surface area contributed by atoms with Crippen molar-refractivity contribution in [1.29, 1.82) is 0 Å². The van der Waals surface area contributed by atoms with E-state index in [4.69, 9.17) is 27.9 Å². The Morgan fingerprint density at radius 1 is 1.25 bits per heavy atom. The molecule has 0 bridgehead atoms. The van der Waals surface area contributed by atoms with Gasteiger partial charge in [-0.2, -0.15) is 0 Å². The largest absolute Gasteiger partial charge is 0.444 e. The smallest absolute Gasteiger partial charge is 0.410 e. The van der Waals surface area contributed by atoms with Gasteiger partial charge in [-0.15, -0.1) is 0 Å². The Balaban J connectivity index is 1.85. The lowest BCUT2D eigenvalue weighted by Crippen LogP contribution is -2.44. The Kier molecular flexibility index (Phi) is 6.27. The Bertz CT molecular complexity index is 579. The van der Waals surface area contributed by atoms with Crippen molar-refractivity contribution in [2.75, 3.05) is 18.4 Å². The molecule has 1 aromatic rings. The van der Waals surface area contributed by atoms with Gasteiger partial charge in [-0.1, -0.05) is 23.2 Å². The molecule has 1 unspecified atom stereocenters. The lowest BCUT2D eigenvalue weighted by Gasteiger charge is -2.36. The van der Waals surface area contributed by atoms with Gasteiger partial charge in [0.25, 0.3) is 0 Å². The molecule has 24 heavy (non-hydrogen) atoms. The molecule has 1 fully saturated rings. The van der Waals surface area contributed by atoms with Crippen molar-refractivity contribution in [3.05, 3.63) is 28.2 Å². The van der Waals surface area contributed by atoms with Crippen molar-refractivity contribution >= 4 is 35.0 Å². The van der Waals surface area contributed by atoms with Gasteiger partial charge in [0, 0.05) is 24.8 Å². The molecule has 1 heterocycles. The topological polar surface area (TPSA) is 41.6 Å². The van der Waals surface area contributed by atoms with Crippen LogP contribution in [0.15, 0.2) is 18.2 Å². The summed E-state index contributed by atoms with van der Waals surface area (Å²) in [5, 5.41) is 4.59. The first-order valence-electron chi connectivity index (χ1n) is 8.35. The first kappa shape index (κ1) is 19.2. The molecule has 1 N–H and O–H groups in total. The normalized spacial score (nSPS) is 17.5. The van der Waals surface area contributed by atoms with Crippen LogP contribution in [0.25, 0.3) is 0 Å². The highest BCUT2D eigenvalue weighted by Crippen LogP contribution is 2.28. The molecule has 134 valence electrons. The van der Waals surface area contributed by atoms with E-state index < -0.39 is 5.60 Å². The highest BCUT2D eigenvalue weighted by atomic mass is 35.5. The minimum absolute atomic E-state index is 0.217. The molecule has 6 heteroatoms. The van der Waals surface area contributed by atoms with Gasteiger partial charge in [-0.25, -0.2) is 4.79 Å². The zero-order valence-corrected chi connectivity index (χ0v) is 16.2. The number of nitrogens with one attached hydrogen (secondary N) is 1. The van der Waals surface area contributed by atoms with E-state index in [0.29, 0.717) is 22.0 Å². The van der Waals surface area contributed by atoms with Crippen molar-refractivity contribution in [3.63, 3.8) is 0 Å². The summed E-state index contributed by atoms with van der Waals surface area (Å²) in [7, 11) is 0. The molecular weight excluding hydrogens is 347 g/mol. The predicted molar refractivity (Wildman–Crippen MR) is 100 cm³/mol. The maximum Gasteiger partial charge on any atom is 0.410 e. The number of likely N-dealkylation sites (tertiary alicyclic amines) is 1. The van der Waals surface area contributed by atoms with E-state index >= 15 is 0 Å². The summed E-state index contributed by atoms with van der Waals surface area (Å²) in [6, 6.07) is 5.86. The zero-order valence-electron chi connectivity index (χ0n) is 14.7. The number of benzene rings is 1. The van der Waals surface area contributed by atoms with E-state index in [1.807, 2.05) is 32.9 Å². The molecule has 4 nitrogen and oxygen atoms in total. The fourth-order valence-electron chi connectivity index (χ4n) is 2.88. The molecule has 1 amide bonds. The summed E-state index contributed by atoms with van der Waals surface area (Å²) in [6.45, 7) is 9.29. The highest BCUT2D eigenvalue weighted by molar-refractivity contribution is 6.42. The van der Waals surface area contributed by atoms with Crippen molar-refractivity contribution in [2.45, 2.75) is 52.2 Å². The van der Waals surface area contributed by atoms with Gasteiger partial charge in [-0.3, -0.25) is 0 Å². The Hall–Kier alpha value is -1.13. The van der Waals surface area contributed by atoms with Gasteiger partial charge < -0.3 is 15.0 Å². The first-order valence-corrected chi connectivity index (χ1v) is 9.11. The van der Waals surface area contributed by atoms with Crippen LogP contribution in [0.4, 0.5) is 10.5 Å². The second-order valence-electron chi connectivity index (χ2n) is 7.37. The zero-order chi connectivity index (χ0) is 17.9. The molecule has 1 atom stereocenters. The summed E-state index contributed by atoms with van der Waals surface area (Å²) < 4.78 is 5.44. The van der Waals surface area contributed by atoms with Gasteiger partial charge in [0.15, 0.2) is 0 Å². The van der Waals surface area contributed by atoms with Gasteiger partial charge in [0.1, 0.15) is 5.60 Å². The summed E-state index contributed by atoms with van der Waals surface area (Å²) in [6.07, 6.45) is 1.69. The van der Waals surface area contributed by atoms with Crippen LogP contribution in [-0.4, -0.2) is 35.7 Å². The first-order chi connectivity index (χ1) is 11.2. The quantitative estimate of drug-likeness (QED) is 0.767. The SMILES string of the molecule is CC(Nc1ccc(Cl)c(Cl)c1)C1CCN(C(=O)OC(C)(C)C)CC1. The van der Waals surface area contributed by atoms with Crippen LogP contribution in [0.1, 0.15) is 40.5 Å². The van der Waals surface area contributed by atoms with E-state index in [1.165, 1.54) is 0 Å². The Labute approximate surface area is 154 Å². The number of hydrogen-bond acceptors (Lipinski definition) is 3. The van der Waals surface area contributed by atoms with Crippen LogP contribution >= 0.6 is 23.2 Å². The second kappa shape index (κ2) is 7.83. The molecule has 0 radical (unpaired) electrons. The van der Waals surface area contributed by atoms with Gasteiger partial charge >= 0.3 is 6.09 Å². The second-order valence-corrected chi connectivity index (χ2v) is 8.18. The number of rotatable bonds is 3. The summed E-state index contributed by atoms with van der Waals surface area (Å²) in [5.74, 6) is 0.498. The number of amides is 1. The molecule has 1 aromatic carbocycles. The van der Waals surface area contributed by atoms with Crippen molar-refractivity contribution in [2.24, 2.45) is 5.92 Å². The molecule has 2 rings (SSSR count).